The van der Waals surface area contributed by atoms with Crippen LogP contribution in [0.1, 0.15) is 6.42 Å². The number of anilines is 2. The molecule has 0 unspecified atom stereocenters. The van der Waals surface area contributed by atoms with Crippen LogP contribution >= 0.6 is 11.6 Å². The third-order valence-corrected chi connectivity index (χ3v) is 4.19. The van der Waals surface area contributed by atoms with E-state index < -0.39 is 0 Å². The lowest BCUT2D eigenvalue weighted by atomic mass is 10.2. The molecule has 0 spiro atoms. The van der Waals surface area contributed by atoms with E-state index in [1.165, 1.54) is 4.68 Å². The van der Waals surface area contributed by atoms with Crippen molar-refractivity contribution in [3.05, 3.63) is 57.8 Å². The summed E-state index contributed by atoms with van der Waals surface area (Å²) in [6, 6.07) is 12.3. The number of hydrogen-bond donors (Lipinski definition) is 1. The fraction of sp³-hybridized carbons (Fsp3) is 0.222. The van der Waals surface area contributed by atoms with Gasteiger partial charge in [0.1, 0.15) is 5.52 Å². The summed E-state index contributed by atoms with van der Waals surface area (Å²) < 4.78 is 1.20. The molecule has 3 rings (SSSR count). The number of carbonyl (C=O) groups is 1. The molecule has 26 heavy (non-hydrogen) atoms. The second-order valence-electron chi connectivity index (χ2n) is 5.96. The molecule has 8 heteroatoms. The van der Waals surface area contributed by atoms with Gasteiger partial charge in [-0.2, -0.15) is 0 Å². The zero-order chi connectivity index (χ0) is 18.7. The van der Waals surface area contributed by atoms with Crippen molar-refractivity contribution in [1.82, 2.24) is 15.0 Å². The van der Waals surface area contributed by atoms with Crippen molar-refractivity contribution in [2.24, 2.45) is 0 Å². The molecule has 0 bridgehead atoms. The zero-order valence-electron chi connectivity index (χ0n) is 14.4. The van der Waals surface area contributed by atoms with Crippen molar-refractivity contribution in [3.8, 4) is 0 Å². The SMILES string of the molecule is CN(C)c1c(Cl)cccc1NC(=O)CCn1nnc2ccccc2c1=O. The Morgan fingerprint density at radius 3 is 2.73 bits per heavy atom. The van der Waals surface area contributed by atoms with Crippen LogP contribution in [0.5, 0.6) is 0 Å². The second kappa shape index (κ2) is 7.53. The van der Waals surface area contributed by atoms with Crippen LogP contribution in [-0.2, 0) is 11.3 Å². The molecule has 0 radical (unpaired) electrons. The first kappa shape index (κ1) is 17.9. The molecule has 1 heterocycles. The lowest BCUT2D eigenvalue weighted by Gasteiger charge is -2.19. The molecule has 134 valence electrons. The van der Waals surface area contributed by atoms with Gasteiger partial charge >= 0.3 is 0 Å². The highest BCUT2D eigenvalue weighted by atomic mass is 35.5. The van der Waals surface area contributed by atoms with Crippen LogP contribution < -0.4 is 15.8 Å². The first-order valence-corrected chi connectivity index (χ1v) is 8.43. The largest absolute Gasteiger partial charge is 0.375 e. The van der Waals surface area contributed by atoms with Crippen molar-refractivity contribution >= 4 is 39.8 Å². The minimum Gasteiger partial charge on any atom is -0.375 e. The molecule has 2 aromatic carbocycles. The highest BCUT2D eigenvalue weighted by molar-refractivity contribution is 6.34. The van der Waals surface area contributed by atoms with Crippen molar-refractivity contribution < 1.29 is 4.79 Å². The van der Waals surface area contributed by atoms with E-state index in [9.17, 15) is 9.59 Å². The monoisotopic (exact) mass is 371 g/mol. The van der Waals surface area contributed by atoms with Gasteiger partial charge in [-0.1, -0.05) is 35.0 Å². The molecule has 1 N–H and O–H groups in total. The van der Waals surface area contributed by atoms with Crippen LogP contribution in [0.2, 0.25) is 5.02 Å². The number of aryl methyl sites for hydroxylation is 1. The Labute approximate surface area is 155 Å². The number of fused-ring (bicyclic) bond motifs is 1. The average molecular weight is 372 g/mol. The third-order valence-electron chi connectivity index (χ3n) is 3.89. The average Bonchev–Trinajstić information content (AvgIpc) is 2.61. The quantitative estimate of drug-likeness (QED) is 0.745. The summed E-state index contributed by atoms with van der Waals surface area (Å²) >= 11 is 6.20. The third kappa shape index (κ3) is 3.67. The van der Waals surface area contributed by atoms with Gasteiger partial charge in [-0.3, -0.25) is 9.59 Å². The molecule has 0 saturated heterocycles. The predicted molar refractivity (Wildman–Crippen MR) is 103 cm³/mol. The molecule has 0 fully saturated rings. The summed E-state index contributed by atoms with van der Waals surface area (Å²) in [5.41, 5.74) is 1.61. The Morgan fingerprint density at radius 1 is 1.19 bits per heavy atom. The highest BCUT2D eigenvalue weighted by Crippen LogP contribution is 2.32. The Kier molecular flexibility index (Phi) is 5.18. The van der Waals surface area contributed by atoms with Crippen molar-refractivity contribution in [3.63, 3.8) is 0 Å². The minimum absolute atomic E-state index is 0.0896. The number of aromatic nitrogens is 3. The van der Waals surface area contributed by atoms with Crippen LogP contribution in [0, 0.1) is 0 Å². The number of amides is 1. The molecular formula is C18H18ClN5O2. The number of hydrogen-bond acceptors (Lipinski definition) is 5. The molecule has 0 aliphatic heterocycles. The number of para-hydroxylation sites is 1. The molecule has 0 saturated carbocycles. The van der Waals surface area contributed by atoms with Crippen LogP contribution in [0.15, 0.2) is 47.3 Å². The number of nitrogens with zero attached hydrogens (tertiary/aromatic N) is 4. The van der Waals surface area contributed by atoms with E-state index in [1.54, 1.807) is 42.5 Å². The first-order valence-electron chi connectivity index (χ1n) is 8.05. The van der Waals surface area contributed by atoms with E-state index in [0.717, 1.165) is 5.69 Å². The van der Waals surface area contributed by atoms with Gasteiger partial charge in [0.05, 0.1) is 28.3 Å². The molecule has 0 aliphatic rings. The van der Waals surface area contributed by atoms with Gasteiger partial charge in [0.25, 0.3) is 5.56 Å². The van der Waals surface area contributed by atoms with E-state index in [-0.39, 0.29) is 24.4 Å². The number of nitrogens with one attached hydrogen (secondary N) is 1. The minimum atomic E-state index is -0.264. The molecule has 3 aromatic rings. The van der Waals surface area contributed by atoms with Gasteiger partial charge in [-0.25, -0.2) is 4.68 Å². The summed E-state index contributed by atoms with van der Waals surface area (Å²) in [7, 11) is 3.70. The van der Waals surface area contributed by atoms with Crippen LogP contribution in [0.3, 0.4) is 0 Å². The fourth-order valence-electron chi connectivity index (χ4n) is 2.66. The summed E-state index contributed by atoms with van der Waals surface area (Å²) in [5, 5.41) is 11.8. The van der Waals surface area contributed by atoms with Crippen LogP contribution in [0.25, 0.3) is 10.9 Å². The Bertz CT molecular complexity index is 1020. The number of halogens is 1. The summed E-state index contributed by atoms with van der Waals surface area (Å²) in [6.07, 6.45) is 0.0896. The lowest BCUT2D eigenvalue weighted by Crippen LogP contribution is -2.26. The molecule has 1 aromatic heterocycles. The van der Waals surface area contributed by atoms with E-state index >= 15 is 0 Å². The summed E-state index contributed by atoms with van der Waals surface area (Å²) in [6.45, 7) is 0.139. The van der Waals surface area contributed by atoms with Crippen molar-refractivity contribution in [2.45, 2.75) is 13.0 Å². The summed E-state index contributed by atoms with van der Waals surface area (Å²) in [5.74, 6) is -0.239. The highest BCUT2D eigenvalue weighted by Gasteiger charge is 2.13. The second-order valence-corrected chi connectivity index (χ2v) is 6.37. The molecule has 0 aliphatic carbocycles. The summed E-state index contributed by atoms with van der Waals surface area (Å²) in [4.78, 5) is 26.5. The van der Waals surface area contributed by atoms with E-state index in [0.29, 0.717) is 21.6 Å². The van der Waals surface area contributed by atoms with Gasteiger partial charge in [0, 0.05) is 20.5 Å². The molecule has 1 amide bonds. The number of benzene rings is 2. The Morgan fingerprint density at radius 2 is 1.96 bits per heavy atom. The van der Waals surface area contributed by atoms with Crippen LogP contribution in [0.4, 0.5) is 11.4 Å². The predicted octanol–water partition coefficient (Wildman–Crippen LogP) is 2.54. The topological polar surface area (TPSA) is 80.1 Å². The Balaban J connectivity index is 1.74. The van der Waals surface area contributed by atoms with Gasteiger partial charge < -0.3 is 10.2 Å². The maximum atomic E-state index is 12.4. The fourth-order valence-corrected chi connectivity index (χ4v) is 3.00. The standard InChI is InChI=1S/C18H18ClN5O2/c1-23(2)17-13(19)7-5-9-15(17)20-16(25)10-11-24-18(26)12-6-3-4-8-14(12)21-22-24/h3-9H,10-11H2,1-2H3,(H,20,25). The maximum Gasteiger partial charge on any atom is 0.277 e. The van der Waals surface area contributed by atoms with Gasteiger partial charge in [0.2, 0.25) is 5.91 Å². The van der Waals surface area contributed by atoms with E-state index in [1.807, 2.05) is 19.0 Å². The molecule has 0 atom stereocenters. The smallest absolute Gasteiger partial charge is 0.277 e. The van der Waals surface area contributed by atoms with Crippen LogP contribution in [-0.4, -0.2) is 35.0 Å². The Hall–Kier alpha value is -2.93. The van der Waals surface area contributed by atoms with E-state index in [4.69, 9.17) is 11.6 Å². The van der Waals surface area contributed by atoms with Crippen molar-refractivity contribution in [1.29, 1.82) is 0 Å². The number of carbonyl (C=O) groups excluding carboxylic acids is 1. The number of rotatable bonds is 5. The molecular weight excluding hydrogens is 354 g/mol. The van der Waals surface area contributed by atoms with E-state index in [2.05, 4.69) is 15.6 Å². The van der Waals surface area contributed by atoms with Gasteiger partial charge in [-0.05, 0) is 24.3 Å². The van der Waals surface area contributed by atoms with Crippen molar-refractivity contribution in [2.75, 3.05) is 24.3 Å². The first-order chi connectivity index (χ1) is 12.5. The lowest BCUT2D eigenvalue weighted by molar-refractivity contribution is -0.116. The maximum absolute atomic E-state index is 12.4. The zero-order valence-corrected chi connectivity index (χ0v) is 15.2. The van der Waals surface area contributed by atoms with Gasteiger partial charge in [-0.15, -0.1) is 5.10 Å². The molecule has 7 nitrogen and oxygen atoms in total. The normalized spacial score (nSPS) is 10.7. The van der Waals surface area contributed by atoms with Gasteiger partial charge in [0.15, 0.2) is 0 Å².